The fraction of sp³-hybridized carbons (Fsp3) is 0.462. The van der Waals surface area contributed by atoms with Crippen LogP contribution in [0.4, 0.5) is 5.69 Å². The highest BCUT2D eigenvalue weighted by molar-refractivity contribution is 5.67. The number of para-hydroxylation sites is 1. The van der Waals surface area contributed by atoms with Crippen LogP contribution in [0, 0.1) is 0 Å². The van der Waals surface area contributed by atoms with Crippen LogP contribution < -0.4 is 10.2 Å². The fourth-order valence-electron chi connectivity index (χ4n) is 2.26. The van der Waals surface area contributed by atoms with Crippen LogP contribution in [0.1, 0.15) is 13.3 Å². The standard InChI is InChI=1S/C13H18N2O2/c1-10-8-14-11(7-13(16)17)9-15(10)12-5-3-2-4-6-12/h2-6,10-11,14H,7-9H2,1H3,(H,16,17)/t10-,11+/m0/s1. The Bertz CT molecular complexity index is 380. The van der Waals surface area contributed by atoms with Crippen molar-refractivity contribution >= 4 is 11.7 Å². The minimum atomic E-state index is -0.745. The number of benzene rings is 1. The molecular weight excluding hydrogens is 216 g/mol. The zero-order valence-corrected chi connectivity index (χ0v) is 9.97. The summed E-state index contributed by atoms with van der Waals surface area (Å²) < 4.78 is 0. The van der Waals surface area contributed by atoms with Crippen molar-refractivity contribution in [1.82, 2.24) is 5.32 Å². The summed E-state index contributed by atoms with van der Waals surface area (Å²) in [5, 5.41) is 12.1. The average Bonchev–Trinajstić information content (AvgIpc) is 2.32. The number of hydrogen-bond donors (Lipinski definition) is 2. The van der Waals surface area contributed by atoms with Crippen molar-refractivity contribution in [3.63, 3.8) is 0 Å². The lowest BCUT2D eigenvalue weighted by Crippen LogP contribution is -2.56. The molecule has 4 nitrogen and oxygen atoms in total. The Kier molecular flexibility index (Phi) is 3.64. The summed E-state index contributed by atoms with van der Waals surface area (Å²) in [5.74, 6) is -0.745. The van der Waals surface area contributed by atoms with Gasteiger partial charge in [-0.1, -0.05) is 18.2 Å². The summed E-state index contributed by atoms with van der Waals surface area (Å²) in [6.45, 7) is 3.72. The minimum absolute atomic E-state index is 0.0314. The Labute approximate surface area is 101 Å². The number of carbonyl (C=O) groups is 1. The van der Waals surface area contributed by atoms with Gasteiger partial charge in [-0.2, -0.15) is 0 Å². The van der Waals surface area contributed by atoms with Crippen molar-refractivity contribution in [1.29, 1.82) is 0 Å². The quantitative estimate of drug-likeness (QED) is 0.828. The van der Waals surface area contributed by atoms with E-state index < -0.39 is 5.97 Å². The van der Waals surface area contributed by atoms with Crippen molar-refractivity contribution in [3.05, 3.63) is 30.3 Å². The van der Waals surface area contributed by atoms with Gasteiger partial charge in [0.25, 0.3) is 0 Å². The van der Waals surface area contributed by atoms with E-state index in [9.17, 15) is 4.79 Å². The Morgan fingerprint density at radius 2 is 2.18 bits per heavy atom. The summed E-state index contributed by atoms with van der Waals surface area (Å²) in [5.41, 5.74) is 1.16. The monoisotopic (exact) mass is 234 g/mol. The lowest BCUT2D eigenvalue weighted by molar-refractivity contribution is -0.137. The fourth-order valence-corrected chi connectivity index (χ4v) is 2.26. The molecule has 4 heteroatoms. The molecule has 1 aliphatic rings. The van der Waals surface area contributed by atoms with E-state index in [0.29, 0.717) is 6.04 Å². The molecule has 1 heterocycles. The second-order valence-corrected chi connectivity index (χ2v) is 4.54. The number of hydrogen-bond acceptors (Lipinski definition) is 3. The molecule has 0 spiro atoms. The first-order valence-electron chi connectivity index (χ1n) is 5.93. The molecule has 0 saturated carbocycles. The molecule has 17 heavy (non-hydrogen) atoms. The van der Waals surface area contributed by atoms with E-state index in [-0.39, 0.29) is 12.5 Å². The molecule has 92 valence electrons. The Morgan fingerprint density at radius 3 is 2.82 bits per heavy atom. The minimum Gasteiger partial charge on any atom is -0.481 e. The molecular formula is C13H18N2O2. The van der Waals surface area contributed by atoms with Crippen molar-refractivity contribution in [2.45, 2.75) is 25.4 Å². The number of carboxylic acids is 1. The number of carboxylic acid groups (broad SMARTS) is 1. The maximum absolute atomic E-state index is 10.7. The smallest absolute Gasteiger partial charge is 0.304 e. The van der Waals surface area contributed by atoms with Crippen LogP contribution in [0.25, 0.3) is 0 Å². The molecule has 0 amide bonds. The first kappa shape index (κ1) is 11.9. The van der Waals surface area contributed by atoms with Crippen molar-refractivity contribution in [3.8, 4) is 0 Å². The lowest BCUT2D eigenvalue weighted by Gasteiger charge is -2.40. The molecule has 1 fully saturated rings. The normalized spacial score (nSPS) is 24.6. The van der Waals surface area contributed by atoms with Crippen molar-refractivity contribution in [2.24, 2.45) is 0 Å². The second-order valence-electron chi connectivity index (χ2n) is 4.54. The number of nitrogens with zero attached hydrogens (tertiary/aromatic N) is 1. The molecule has 2 atom stereocenters. The second kappa shape index (κ2) is 5.19. The van der Waals surface area contributed by atoms with Crippen molar-refractivity contribution in [2.75, 3.05) is 18.0 Å². The summed E-state index contributed by atoms with van der Waals surface area (Å²) in [6.07, 6.45) is 0.177. The van der Waals surface area contributed by atoms with Gasteiger partial charge < -0.3 is 15.3 Å². The Morgan fingerprint density at radius 1 is 1.47 bits per heavy atom. The summed E-state index contributed by atoms with van der Waals surface area (Å²) in [4.78, 5) is 13.0. The molecule has 1 saturated heterocycles. The van der Waals surface area contributed by atoms with Gasteiger partial charge in [-0.25, -0.2) is 0 Å². The molecule has 1 aromatic carbocycles. The molecule has 2 N–H and O–H groups in total. The van der Waals surface area contributed by atoms with Gasteiger partial charge in [0.15, 0.2) is 0 Å². The topological polar surface area (TPSA) is 52.6 Å². The van der Waals surface area contributed by atoms with E-state index in [0.717, 1.165) is 18.8 Å². The van der Waals surface area contributed by atoms with Crippen LogP contribution in [-0.2, 0) is 4.79 Å². The van der Waals surface area contributed by atoms with Crippen LogP contribution in [-0.4, -0.2) is 36.2 Å². The molecule has 0 aliphatic carbocycles. The van der Waals surface area contributed by atoms with Crippen LogP contribution in [0.3, 0.4) is 0 Å². The highest BCUT2D eigenvalue weighted by Gasteiger charge is 2.26. The highest BCUT2D eigenvalue weighted by atomic mass is 16.4. The number of aliphatic carboxylic acids is 1. The predicted molar refractivity (Wildman–Crippen MR) is 67.3 cm³/mol. The first-order chi connectivity index (χ1) is 8.16. The highest BCUT2D eigenvalue weighted by Crippen LogP contribution is 2.19. The third kappa shape index (κ3) is 2.97. The molecule has 2 rings (SSSR count). The lowest BCUT2D eigenvalue weighted by atomic mass is 10.1. The Hall–Kier alpha value is -1.55. The van der Waals surface area contributed by atoms with E-state index in [4.69, 9.17) is 5.11 Å². The predicted octanol–water partition coefficient (Wildman–Crippen LogP) is 1.33. The SMILES string of the molecule is C[C@H]1CN[C@H](CC(=O)O)CN1c1ccccc1. The van der Waals surface area contributed by atoms with Gasteiger partial charge in [-0.3, -0.25) is 4.79 Å². The van der Waals surface area contributed by atoms with E-state index in [1.165, 1.54) is 0 Å². The summed E-state index contributed by atoms with van der Waals surface area (Å²) in [7, 11) is 0. The van der Waals surface area contributed by atoms with Gasteiger partial charge in [0.05, 0.1) is 6.42 Å². The molecule has 0 aromatic heterocycles. The van der Waals surface area contributed by atoms with E-state index >= 15 is 0 Å². The third-order valence-electron chi connectivity index (χ3n) is 3.16. The maximum atomic E-state index is 10.7. The van der Waals surface area contributed by atoms with Crippen molar-refractivity contribution < 1.29 is 9.90 Å². The largest absolute Gasteiger partial charge is 0.481 e. The molecule has 1 aromatic rings. The van der Waals surface area contributed by atoms with Gasteiger partial charge in [0.1, 0.15) is 0 Å². The van der Waals surface area contributed by atoms with Crippen LogP contribution in [0.15, 0.2) is 30.3 Å². The molecule has 1 aliphatic heterocycles. The van der Waals surface area contributed by atoms with Crippen LogP contribution >= 0.6 is 0 Å². The Balaban J connectivity index is 2.07. The van der Waals surface area contributed by atoms with Crippen LogP contribution in [0.5, 0.6) is 0 Å². The van der Waals surface area contributed by atoms with Gasteiger partial charge in [0.2, 0.25) is 0 Å². The summed E-state index contributed by atoms with van der Waals surface area (Å²) >= 11 is 0. The third-order valence-corrected chi connectivity index (χ3v) is 3.16. The van der Waals surface area contributed by atoms with Gasteiger partial charge >= 0.3 is 5.97 Å². The zero-order chi connectivity index (χ0) is 12.3. The molecule has 0 bridgehead atoms. The summed E-state index contributed by atoms with van der Waals surface area (Å²) in [6, 6.07) is 10.6. The van der Waals surface area contributed by atoms with Gasteiger partial charge in [0, 0.05) is 30.9 Å². The van der Waals surface area contributed by atoms with E-state index in [1.54, 1.807) is 0 Å². The molecule has 0 unspecified atom stereocenters. The number of rotatable bonds is 3. The number of anilines is 1. The number of piperazine rings is 1. The zero-order valence-electron chi connectivity index (χ0n) is 9.97. The first-order valence-corrected chi connectivity index (χ1v) is 5.93. The van der Waals surface area contributed by atoms with E-state index in [2.05, 4.69) is 29.3 Å². The molecule has 0 radical (unpaired) electrons. The van der Waals surface area contributed by atoms with Gasteiger partial charge in [-0.05, 0) is 19.1 Å². The van der Waals surface area contributed by atoms with E-state index in [1.807, 2.05) is 18.2 Å². The average molecular weight is 234 g/mol. The van der Waals surface area contributed by atoms with Gasteiger partial charge in [-0.15, -0.1) is 0 Å². The maximum Gasteiger partial charge on any atom is 0.304 e. The van der Waals surface area contributed by atoms with Crippen LogP contribution in [0.2, 0.25) is 0 Å². The number of nitrogens with one attached hydrogen (secondary N) is 1.